The van der Waals surface area contributed by atoms with Crippen molar-refractivity contribution in [1.82, 2.24) is 0 Å². The SMILES string of the molecule is COC1CCCC([C@H]2C[C@@H]3CC[C@@]2(C)C3(C)C)C1O. The zero-order chi connectivity index (χ0) is 13.8. The predicted molar refractivity (Wildman–Crippen MR) is 76.9 cm³/mol. The molecular formula is C17H30O2. The van der Waals surface area contributed by atoms with Gasteiger partial charge in [0.05, 0.1) is 12.2 Å². The fourth-order valence-electron chi connectivity index (χ4n) is 5.78. The van der Waals surface area contributed by atoms with Crippen LogP contribution in [0.15, 0.2) is 0 Å². The quantitative estimate of drug-likeness (QED) is 0.827. The molecule has 6 atom stereocenters. The molecule has 1 N–H and O–H groups in total. The third-order valence-corrected chi connectivity index (χ3v) is 7.53. The van der Waals surface area contributed by atoms with Gasteiger partial charge in [0.2, 0.25) is 0 Å². The van der Waals surface area contributed by atoms with Gasteiger partial charge in [-0.3, -0.25) is 0 Å². The first-order valence-corrected chi connectivity index (χ1v) is 8.12. The Kier molecular flexibility index (Phi) is 3.26. The molecule has 0 aliphatic heterocycles. The van der Waals surface area contributed by atoms with Gasteiger partial charge < -0.3 is 9.84 Å². The molecule has 2 bridgehead atoms. The number of hydrogen-bond donors (Lipinski definition) is 1. The Morgan fingerprint density at radius 3 is 2.37 bits per heavy atom. The second-order valence-corrected chi connectivity index (χ2v) is 8.08. The van der Waals surface area contributed by atoms with E-state index >= 15 is 0 Å². The standard InChI is InChI=1S/C17H30O2/c1-16(2)11-8-9-17(16,3)13(10-11)12-6-5-7-14(19-4)15(12)18/h11-15,18H,5-10H2,1-4H3/t11-,12?,13+,14?,15?,17+/m0/s1. The smallest absolute Gasteiger partial charge is 0.0833 e. The van der Waals surface area contributed by atoms with Crippen LogP contribution in [0.3, 0.4) is 0 Å². The lowest BCUT2D eigenvalue weighted by molar-refractivity contribution is -0.0998. The lowest BCUT2D eigenvalue weighted by Crippen LogP contribution is -2.46. The average Bonchev–Trinajstić information content (AvgIpc) is 2.71. The molecule has 3 unspecified atom stereocenters. The van der Waals surface area contributed by atoms with Crippen LogP contribution in [0.2, 0.25) is 0 Å². The summed E-state index contributed by atoms with van der Waals surface area (Å²) in [5, 5.41) is 10.7. The Labute approximate surface area is 117 Å². The van der Waals surface area contributed by atoms with Crippen molar-refractivity contribution in [2.45, 2.75) is 71.5 Å². The first kappa shape index (κ1) is 13.9. The van der Waals surface area contributed by atoms with Gasteiger partial charge >= 0.3 is 0 Å². The van der Waals surface area contributed by atoms with E-state index in [-0.39, 0.29) is 12.2 Å². The molecule has 3 rings (SSSR count). The summed E-state index contributed by atoms with van der Waals surface area (Å²) < 4.78 is 5.51. The lowest BCUT2D eigenvalue weighted by atomic mass is 9.60. The number of hydrogen-bond acceptors (Lipinski definition) is 2. The van der Waals surface area contributed by atoms with Crippen molar-refractivity contribution in [3.8, 4) is 0 Å². The lowest BCUT2D eigenvalue weighted by Gasteiger charge is -2.46. The molecule has 3 saturated carbocycles. The average molecular weight is 266 g/mol. The van der Waals surface area contributed by atoms with Crippen molar-refractivity contribution in [3.05, 3.63) is 0 Å². The van der Waals surface area contributed by atoms with Crippen molar-refractivity contribution in [2.24, 2.45) is 28.6 Å². The van der Waals surface area contributed by atoms with E-state index in [1.165, 1.54) is 32.1 Å². The molecule has 19 heavy (non-hydrogen) atoms. The molecule has 0 radical (unpaired) electrons. The number of methoxy groups -OCH3 is 1. The zero-order valence-corrected chi connectivity index (χ0v) is 13.0. The van der Waals surface area contributed by atoms with Crippen molar-refractivity contribution >= 4 is 0 Å². The minimum absolute atomic E-state index is 0.0737. The summed E-state index contributed by atoms with van der Waals surface area (Å²) in [4.78, 5) is 0. The van der Waals surface area contributed by atoms with E-state index in [0.717, 1.165) is 12.3 Å². The van der Waals surface area contributed by atoms with E-state index in [0.29, 0.717) is 22.7 Å². The highest BCUT2D eigenvalue weighted by atomic mass is 16.5. The van der Waals surface area contributed by atoms with Crippen LogP contribution < -0.4 is 0 Å². The van der Waals surface area contributed by atoms with Crippen LogP contribution in [0.4, 0.5) is 0 Å². The number of aliphatic hydroxyl groups is 1. The molecule has 0 spiro atoms. The molecule has 0 aromatic rings. The normalized spacial score (nSPS) is 52.6. The minimum Gasteiger partial charge on any atom is -0.390 e. The van der Waals surface area contributed by atoms with Gasteiger partial charge in [0, 0.05) is 7.11 Å². The Balaban J connectivity index is 1.84. The number of rotatable bonds is 2. The summed E-state index contributed by atoms with van der Waals surface area (Å²) in [6, 6.07) is 0. The summed E-state index contributed by atoms with van der Waals surface area (Å²) in [7, 11) is 1.75. The molecule has 0 saturated heterocycles. The van der Waals surface area contributed by atoms with Crippen LogP contribution in [-0.4, -0.2) is 24.4 Å². The number of aliphatic hydroxyl groups excluding tert-OH is 1. The number of fused-ring (bicyclic) bond motifs is 2. The van der Waals surface area contributed by atoms with E-state index < -0.39 is 0 Å². The Morgan fingerprint density at radius 2 is 1.84 bits per heavy atom. The van der Waals surface area contributed by atoms with Crippen molar-refractivity contribution < 1.29 is 9.84 Å². The summed E-state index contributed by atoms with van der Waals surface area (Å²) in [6.45, 7) is 7.43. The minimum atomic E-state index is -0.240. The van der Waals surface area contributed by atoms with E-state index in [9.17, 15) is 5.11 Å². The largest absolute Gasteiger partial charge is 0.390 e. The van der Waals surface area contributed by atoms with Gasteiger partial charge in [0.1, 0.15) is 0 Å². The molecule has 0 amide bonds. The van der Waals surface area contributed by atoms with Crippen LogP contribution in [0.1, 0.15) is 59.3 Å². The highest BCUT2D eigenvalue weighted by molar-refractivity contribution is 5.12. The Morgan fingerprint density at radius 1 is 1.11 bits per heavy atom. The monoisotopic (exact) mass is 266 g/mol. The molecule has 3 fully saturated rings. The molecule has 110 valence electrons. The third-order valence-electron chi connectivity index (χ3n) is 7.53. The fraction of sp³-hybridized carbons (Fsp3) is 1.00. The third kappa shape index (κ3) is 1.75. The van der Waals surface area contributed by atoms with Gasteiger partial charge in [-0.1, -0.05) is 27.2 Å². The molecule has 0 aromatic heterocycles. The van der Waals surface area contributed by atoms with Crippen LogP contribution in [-0.2, 0) is 4.74 Å². The summed E-state index contributed by atoms with van der Waals surface area (Å²) in [5.74, 6) is 2.04. The molecular weight excluding hydrogens is 236 g/mol. The molecule has 2 nitrogen and oxygen atoms in total. The Bertz CT molecular complexity index is 351. The van der Waals surface area contributed by atoms with Gasteiger partial charge in [0.25, 0.3) is 0 Å². The maximum atomic E-state index is 10.7. The van der Waals surface area contributed by atoms with E-state index in [1.54, 1.807) is 7.11 Å². The van der Waals surface area contributed by atoms with Gasteiger partial charge in [-0.25, -0.2) is 0 Å². The first-order chi connectivity index (χ1) is 8.91. The fourth-order valence-corrected chi connectivity index (χ4v) is 5.78. The summed E-state index contributed by atoms with van der Waals surface area (Å²) in [5.41, 5.74) is 0.885. The van der Waals surface area contributed by atoms with Crippen LogP contribution in [0.5, 0.6) is 0 Å². The van der Waals surface area contributed by atoms with Crippen molar-refractivity contribution in [2.75, 3.05) is 7.11 Å². The van der Waals surface area contributed by atoms with Gasteiger partial charge in [-0.15, -0.1) is 0 Å². The van der Waals surface area contributed by atoms with Crippen LogP contribution in [0.25, 0.3) is 0 Å². The predicted octanol–water partition coefficient (Wildman–Crippen LogP) is 3.62. The zero-order valence-electron chi connectivity index (χ0n) is 13.0. The second kappa shape index (κ2) is 4.46. The molecule has 0 aromatic carbocycles. The summed E-state index contributed by atoms with van der Waals surface area (Å²) >= 11 is 0. The molecule has 0 heterocycles. The maximum absolute atomic E-state index is 10.7. The maximum Gasteiger partial charge on any atom is 0.0833 e. The van der Waals surface area contributed by atoms with Crippen molar-refractivity contribution in [1.29, 1.82) is 0 Å². The van der Waals surface area contributed by atoms with Gasteiger partial charge in [-0.2, -0.15) is 0 Å². The van der Waals surface area contributed by atoms with Crippen LogP contribution in [0, 0.1) is 28.6 Å². The van der Waals surface area contributed by atoms with Crippen LogP contribution >= 0.6 is 0 Å². The van der Waals surface area contributed by atoms with Gasteiger partial charge in [-0.05, 0) is 60.7 Å². The molecule has 3 aliphatic rings. The van der Waals surface area contributed by atoms with Crippen molar-refractivity contribution in [3.63, 3.8) is 0 Å². The highest BCUT2D eigenvalue weighted by Crippen LogP contribution is 2.70. The summed E-state index contributed by atoms with van der Waals surface area (Å²) in [6.07, 6.45) is 7.38. The van der Waals surface area contributed by atoms with E-state index in [1.807, 2.05) is 0 Å². The van der Waals surface area contributed by atoms with Gasteiger partial charge in [0.15, 0.2) is 0 Å². The topological polar surface area (TPSA) is 29.5 Å². The second-order valence-electron chi connectivity index (χ2n) is 8.08. The number of ether oxygens (including phenoxy) is 1. The van der Waals surface area contributed by atoms with E-state index in [4.69, 9.17) is 4.74 Å². The highest BCUT2D eigenvalue weighted by Gasteiger charge is 2.63. The molecule has 3 aliphatic carbocycles. The first-order valence-electron chi connectivity index (χ1n) is 8.12. The Hall–Kier alpha value is -0.0800. The molecule has 2 heteroatoms. The van der Waals surface area contributed by atoms with E-state index in [2.05, 4.69) is 20.8 Å².